The monoisotopic (exact) mass is 296 g/mol. The number of nitrogens with zero attached hydrogens (tertiary/aromatic N) is 2. The molecule has 0 radical (unpaired) electrons. The van der Waals surface area contributed by atoms with Crippen molar-refractivity contribution in [2.45, 2.75) is 19.1 Å². The van der Waals surface area contributed by atoms with Crippen molar-refractivity contribution in [1.29, 1.82) is 0 Å². The third kappa shape index (κ3) is 3.33. The molecule has 0 aromatic heterocycles. The molecule has 0 bridgehead atoms. The maximum absolute atomic E-state index is 14.2. The molecule has 1 aromatic rings. The highest BCUT2D eigenvalue weighted by molar-refractivity contribution is 5.95. The van der Waals surface area contributed by atoms with Crippen molar-refractivity contribution in [3.8, 4) is 0 Å². The number of halogens is 1. The van der Waals surface area contributed by atoms with E-state index in [-0.39, 0.29) is 30.7 Å². The lowest BCUT2D eigenvalue weighted by Gasteiger charge is -2.37. The number of rotatable bonds is 3. The fraction of sp³-hybridized carbons (Fsp3) is 0.533. The highest BCUT2D eigenvalue weighted by atomic mass is 19.1. The Hall–Kier alpha value is -1.66. The smallest absolute Gasteiger partial charge is 0.257 e. The Morgan fingerprint density at radius 1 is 1.52 bits per heavy atom. The molecule has 2 rings (SSSR count). The zero-order valence-corrected chi connectivity index (χ0v) is 12.5. The number of anilines is 1. The normalized spacial score (nSPS) is 22.2. The van der Waals surface area contributed by atoms with Gasteiger partial charge < -0.3 is 19.6 Å². The molecule has 1 heterocycles. The molecule has 0 aliphatic carbocycles. The van der Waals surface area contributed by atoms with Crippen molar-refractivity contribution >= 4 is 11.6 Å². The maximum Gasteiger partial charge on any atom is 0.257 e. The lowest BCUT2D eigenvalue weighted by Crippen LogP contribution is -2.52. The van der Waals surface area contributed by atoms with Gasteiger partial charge in [0.15, 0.2) is 0 Å². The molecule has 1 amide bonds. The number of morpholine rings is 1. The summed E-state index contributed by atoms with van der Waals surface area (Å²) in [6.45, 7) is 2.30. The van der Waals surface area contributed by atoms with Crippen molar-refractivity contribution in [2.75, 3.05) is 38.8 Å². The van der Waals surface area contributed by atoms with E-state index in [9.17, 15) is 9.18 Å². The second-order valence-corrected chi connectivity index (χ2v) is 5.50. The summed E-state index contributed by atoms with van der Waals surface area (Å²) in [7, 11) is 3.62. The Morgan fingerprint density at radius 2 is 2.24 bits per heavy atom. The van der Waals surface area contributed by atoms with Crippen LogP contribution in [0.15, 0.2) is 18.2 Å². The molecule has 1 aliphatic heterocycles. The number of benzene rings is 1. The van der Waals surface area contributed by atoms with E-state index in [1.807, 2.05) is 21.0 Å². The predicted molar refractivity (Wildman–Crippen MR) is 78.1 cm³/mol. The van der Waals surface area contributed by atoms with Crippen LogP contribution in [0.5, 0.6) is 0 Å². The van der Waals surface area contributed by atoms with Crippen LogP contribution in [-0.4, -0.2) is 61.9 Å². The lowest BCUT2D eigenvalue weighted by atomic mass is 10.1. The summed E-state index contributed by atoms with van der Waals surface area (Å²) in [6, 6.07) is 4.42. The number of carbonyl (C=O) groups excluding carboxylic acids is 1. The number of aliphatic hydroxyl groups excluding tert-OH is 1. The Morgan fingerprint density at radius 3 is 2.81 bits per heavy atom. The first kappa shape index (κ1) is 15.7. The standard InChI is InChI=1S/C15H21FN2O3/c1-10-9-21-12(8-19)7-18(10)15(20)13-5-4-11(17(2)3)6-14(13)16/h4-6,10,12,19H,7-9H2,1-3H3/t10-,12+/m1/s1. The summed E-state index contributed by atoms with van der Waals surface area (Å²) >= 11 is 0. The van der Waals surface area contributed by atoms with Gasteiger partial charge in [-0.05, 0) is 25.1 Å². The van der Waals surface area contributed by atoms with Crippen molar-refractivity contribution in [1.82, 2.24) is 4.90 Å². The van der Waals surface area contributed by atoms with E-state index < -0.39 is 11.9 Å². The largest absolute Gasteiger partial charge is 0.394 e. The molecule has 0 spiro atoms. The average Bonchev–Trinajstić information content (AvgIpc) is 2.47. The highest BCUT2D eigenvalue weighted by Crippen LogP contribution is 2.21. The molecule has 116 valence electrons. The summed E-state index contributed by atoms with van der Waals surface area (Å²) in [5.41, 5.74) is 0.748. The van der Waals surface area contributed by atoms with Crippen LogP contribution in [0.1, 0.15) is 17.3 Å². The van der Waals surface area contributed by atoms with Crippen LogP contribution < -0.4 is 4.90 Å². The minimum absolute atomic E-state index is 0.0473. The summed E-state index contributed by atoms with van der Waals surface area (Å²) in [5, 5.41) is 9.16. The number of carbonyl (C=O) groups is 1. The lowest BCUT2D eigenvalue weighted by molar-refractivity contribution is -0.0668. The van der Waals surface area contributed by atoms with E-state index in [1.54, 1.807) is 15.9 Å². The molecule has 1 N–H and O–H groups in total. The second-order valence-electron chi connectivity index (χ2n) is 5.50. The van der Waals surface area contributed by atoms with Gasteiger partial charge in [-0.3, -0.25) is 4.79 Å². The number of aliphatic hydroxyl groups is 1. The van der Waals surface area contributed by atoms with E-state index in [0.29, 0.717) is 12.3 Å². The minimum Gasteiger partial charge on any atom is -0.394 e. The quantitative estimate of drug-likeness (QED) is 0.908. The third-order valence-corrected chi connectivity index (χ3v) is 3.67. The topological polar surface area (TPSA) is 53.0 Å². The predicted octanol–water partition coefficient (Wildman–Crippen LogP) is 1.11. The SMILES string of the molecule is C[C@@H]1CO[C@H](CO)CN1C(=O)c1ccc(N(C)C)cc1F. The zero-order chi connectivity index (χ0) is 15.6. The van der Waals surface area contributed by atoms with Gasteiger partial charge in [0.05, 0.1) is 30.9 Å². The second kappa shape index (κ2) is 6.41. The Balaban J connectivity index is 2.22. The van der Waals surface area contributed by atoms with Gasteiger partial charge in [-0.25, -0.2) is 4.39 Å². The summed E-state index contributed by atoms with van der Waals surface area (Å²) in [4.78, 5) is 15.8. The summed E-state index contributed by atoms with van der Waals surface area (Å²) in [5.74, 6) is -0.905. The Bertz CT molecular complexity index is 522. The fourth-order valence-electron chi connectivity index (χ4n) is 2.32. The number of amides is 1. The molecule has 5 nitrogen and oxygen atoms in total. The molecular weight excluding hydrogens is 275 g/mol. The molecule has 1 aliphatic rings. The number of ether oxygens (including phenoxy) is 1. The van der Waals surface area contributed by atoms with Gasteiger partial charge >= 0.3 is 0 Å². The third-order valence-electron chi connectivity index (χ3n) is 3.67. The van der Waals surface area contributed by atoms with Crippen LogP contribution in [-0.2, 0) is 4.74 Å². The van der Waals surface area contributed by atoms with E-state index in [0.717, 1.165) is 0 Å². The molecule has 2 atom stereocenters. The first-order valence-corrected chi connectivity index (χ1v) is 6.94. The van der Waals surface area contributed by atoms with Gasteiger partial charge in [-0.2, -0.15) is 0 Å². The van der Waals surface area contributed by atoms with E-state index in [1.165, 1.54) is 12.1 Å². The first-order valence-electron chi connectivity index (χ1n) is 6.94. The van der Waals surface area contributed by atoms with Crippen LogP contribution in [0.3, 0.4) is 0 Å². The van der Waals surface area contributed by atoms with E-state index in [2.05, 4.69) is 0 Å². The maximum atomic E-state index is 14.2. The summed E-state index contributed by atoms with van der Waals surface area (Å²) < 4.78 is 19.6. The van der Waals surface area contributed by atoms with Crippen LogP contribution in [0, 0.1) is 5.82 Å². The minimum atomic E-state index is -0.537. The van der Waals surface area contributed by atoms with Crippen LogP contribution >= 0.6 is 0 Å². The van der Waals surface area contributed by atoms with Gasteiger partial charge in [-0.1, -0.05) is 0 Å². The van der Waals surface area contributed by atoms with Crippen molar-refractivity contribution in [3.63, 3.8) is 0 Å². The fourth-order valence-corrected chi connectivity index (χ4v) is 2.32. The molecule has 1 aromatic carbocycles. The van der Waals surface area contributed by atoms with Gasteiger partial charge in [0.25, 0.3) is 5.91 Å². The Labute approximate surface area is 123 Å². The van der Waals surface area contributed by atoms with Crippen molar-refractivity contribution < 1.29 is 19.0 Å². The molecule has 1 saturated heterocycles. The van der Waals surface area contributed by atoms with Gasteiger partial charge in [0.2, 0.25) is 0 Å². The molecule has 0 saturated carbocycles. The molecular formula is C15H21FN2O3. The summed E-state index contributed by atoms with van der Waals surface area (Å²) in [6.07, 6.45) is -0.408. The van der Waals surface area contributed by atoms with Crippen LogP contribution in [0.2, 0.25) is 0 Å². The number of hydrogen-bond donors (Lipinski definition) is 1. The van der Waals surface area contributed by atoms with Gasteiger partial charge in [0.1, 0.15) is 5.82 Å². The van der Waals surface area contributed by atoms with Crippen LogP contribution in [0.4, 0.5) is 10.1 Å². The van der Waals surface area contributed by atoms with Gasteiger partial charge in [0, 0.05) is 26.3 Å². The van der Waals surface area contributed by atoms with Crippen molar-refractivity contribution in [2.24, 2.45) is 0 Å². The van der Waals surface area contributed by atoms with E-state index >= 15 is 0 Å². The molecule has 6 heteroatoms. The van der Waals surface area contributed by atoms with Gasteiger partial charge in [-0.15, -0.1) is 0 Å². The van der Waals surface area contributed by atoms with Crippen LogP contribution in [0.25, 0.3) is 0 Å². The molecule has 0 unspecified atom stereocenters. The first-order chi connectivity index (χ1) is 9.93. The average molecular weight is 296 g/mol. The van der Waals surface area contributed by atoms with Crippen molar-refractivity contribution in [3.05, 3.63) is 29.6 Å². The number of hydrogen-bond acceptors (Lipinski definition) is 4. The highest BCUT2D eigenvalue weighted by Gasteiger charge is 2.31. The zero-order valence-electron chi connectivity index (χ0n) is 12.5. The molecule has 1 fully saturated rings. The molecule has 21 heavy (non-hydrogen) atoms. The Kier molecular flexibility index (Phi) is 4.80. The van der Waals surface area contributed by atoms with E-state index in [4.69, 9.17) is 9.84 Å².